The Morgan fingerprint density at radius 1 is 1.11 bits per heavy atom. The Morgan fingerprint density at radius 3 is 2.35 bits per heavy atom. The summed E-state index contributed by atoms with van der Waals surface area (Å²) in [5, 5.41) is 21.3. The highest BCUT2D eigenvalue weighted by Crippen LogP contribution is 2.11. The molecule has 1 atom stereocenters. The first-order chi connectivity index (χ1) is 17.6. The van der Waals surface area contributed by atoms with Crippen molar-refractivity contribution >= 4 is 52.4 Å². The molecule has 11 heteroatoms. The van der Waals surface area contributed by atoms with Crippen LogP contribution in [0.3, 0.4) is 0 Å². The molecule has 200 valence electrons. The maximum atomic E-state index is 12.8. The standard InChI is InChI=1S/C26H36N6O4S/c1-5-23(25(35)31-14-20(34)17-37-16-19-10-8-7-9-11-19)32(6-2)26(36)24(28)30-15-21(27)22(29-4)13-12-18(3)33/h6-11,23,27H,2,5,12-17H2,1,3-4H3,(H2,28,30)(H,31,35)/b27-21?,29-22-. The average Bonchev–Trinajstić information content (AvgIpc) is 2.89. The molecule has 0 bridgehead atoms. The third-order valence-electron chi connectivity index (χ3n) is 5.28. The molecule has 0 heterocycles. The van der Waals surface area contributed by atoms with Crippen molar-refractivity contribution < 1.29 is 19.2 Å². The highest BCUT2D eigenvalue weighted by Gasteiger charge is 2.29. The fourth-order valence-corrected chi connectivity index (χ4v) is 4.11. The van der Waals surface area contributed by atoms with E-state index in [9.17, 15) is 19.2 Å². The zero-order valence-electron chi connectivity index (χ0n) is 21.6. The number of amidine groups is 1. The van der Waals surface area contributed by atoms with Crippen LogP contribution in [0.2, 0.25) is 0 Å². The smallest absolute Gasteiger partial charge is 0.293 e. The van der Waals surface area contributed by atoms with Gasteiger partial charge in [0.15, 0.2) is 11.6 Å². The Hall–Kier alpha value is -3.60. The molecule has 0 saturated heterocycles. The van der Waals surface area contributed by atoms with Crippen molar-refractivity contribution in [2.45, 2.75) is 44.9 Å². The van der Waals surface area contributed by atoms with E-state index >= 15 is 0 Å². The number of ketones is 2. The Kier molecular flexibility index (Phi) is 14.4. The first kappa shape index (κ1) is 31.4. The molecule has 10 nitrogen and oxygen atoms in total. The normalized spacial score (nSPS) is 11.7. The first-order valence-corrected chi connectivity index (χ1v) is 13.0. The summed E-state index contributed by atoms with van der Waals surface area (Å²) >= 11 is 1.46. The number of rotatable bonds is 16. The van der Waals surface area contributed by atoms with Crippen LogP contribution in [0.15, 0.2) is 48.1 Å². The van der Waals surface area contributed by atoms with Crippen molar-refractivity contribution in [3.63, 3.8) is 0 Å². The molecule has 0 radical (unpaired) electrons. The van der Waals surface area contributed by atoms with Crippen LogP contribution < -0.4 is 10.6 Å². The highest BCUT2D eigenvalue weighted by molar-refractivity contribution is 7.99. The second-order valence-electron chi connectivity index (χ2n) is 8.13. The van der Waals surface area contributed by atoms with Crippen LogP contribution in [0.4, 0.5) is 0 Å². The van der Waals surface area contributed by atoms with Gasteiger partial charge in [-0.05, 0) is 25.3 Å². The van der Waals surface area contributed by atoms with E-state index in [0.29, 0.717) is 17.9 Å². The summed E-state index contributed by atoms with van der Waals surface area (Å²) < 4.78 is 0. The second kappa shape index (κ2) is 17.0. The zero-order chi connectivity index (χ0) is 27.8. The quantitative estimate of drug-likeness (QED) is 0.191. The molecule has 2 amide bonds. The number of thioether (sulfide) groups is 1. The number of hydrogen-bond acceptors (Lipinski definition) is 8. The molecule has 37 heavy (non-hydrogen) atoms. The highest BCUT2D eigenvalue weighted by atomic mass is 32.2. The predicted molar refractivity (Wildman–Crippen MR) is 148 cm³/mol. The Balaban J connectivity index is 2.59. The summed E-state index contributed by atoms with van der Waals surface area (Å²) in [4.78, 5) is 54.0. The molecule has 0 aromatic heterocycles. The van der Waals surface area contributed by atoms with Gasteiger partial charge in [0.05, 0.1) is 30.3 Å². The first-order valence-electron chi connectivity index (χ1n) is 11.9. The van der Waals surface area contributed by atoms with E-state index in [1.165, 1.54) is 31.9 Å². The van der Waals surface area contributed by atoms with Gasteiger partial charge >= 0.3 is 0 Å². The Labute approximate surface area is 222 Å². The van der Waals surface area contributed by atoms with Crippen LogP contribution in [0.25, 0.3) is 0 Å². The van der Waals surface area contributed by atoms with Crippen molar-refractivity contribution in [3.8, 4) is 0 Å². The largest absolute Gasteiger partial charge is 0.360 e. The number of nitrogens with zero attached hydrogens (tertiary/aromatic N) is 2. The molecule has 0 spiro atoms. The molecule has 1 unspecified atom stereocenters. The minimum Gasteiger partial charge on any atom is -0.360 e. The summed E-state index contributed by atoms with van der Waals surface area (Å²) in [6.45, 7) is 6.45. The van der Waals surface area contributed by atoms with Crippen LogP contribution in [-0.4, -0.2) is 77.5 Å². The molecule has 1 aromatic rings. The Bertz CT molecular complexity index is 1030. The SMILES string of the molecule is C=CN(C(=O)C(=N)NCC(=N)/C(CCC(C)=O)=N\C)C(CC)C(=O)NCC(=O)CSCc1ccccc1. The van der Waals surface area contributed by atoms with Crippen molar-refractivity contribution in [1.82, 2.24) is 15.5 Å². The van der Waals surface area contributed by atoms with Gasteiger partial charge in [0, 0.05) is 25.4 Å². The van der Waals surface area contributed by atoms with E-state index < -0.39 is 23.7 Å². The van der Waals surface area contributed by atoms with E-state index in [4.69, 9.17) is 10.8 Å². The predicted octanol–water partition coefficient (Wildman–Crippen LogP) is 2.38. The van der Waals surface area contributed by atoms with Crippen molar-refractivity contribution in [2.24, 2.45) is 4.99 Å². The molecule has 1 rings (SSSR count). The summed E-state index contributed by atoms with van der Waals surface area (Å²) in [6.07, 6.45) is 1.95. The Morgan fingerprint density at radius 2 is 1.78 bits per heavy atom. The number of amides is 2. The lowest BCUT2D eigenvalue weighted by Crippen LogP contribution is -2.52. The molecule has 4 N–H and O–H groups in total. The minimum atomic E-state index is -0.959. The van der Waals surface area contributed by atoms with Crippen LogP contribution in [0.5, 0.6) is 0 Å². The molecule has 0 aliphatic carbocycles. The number of hydrogen-bond donors (Lipinski definition) is 4. The lowest BCUT2D eigenvalue weighted by Gasteiger charge is -2.27. The molecule has 0 aliphatic rings. The number of nitrogens with one attached hydrogen (secondary N) is 4. The van der Waals surface area contributed by atoms with Gasteiger partial charge in [-0.2, -0.15) is 0 Å². The minimum absolute atomic E-state index is 0.0250. The van der Waals surface area contributed by atoms with Gasteiger partial charge < -0.3 is 25.7 Å². The van der Waals surface area contributed by atoms with Gasteiger partial charge in [0.2, 0.25) is 5.91 Å². The molecule has 0 aliphatic heterocycles. The van der Waals surface area contributed by atoms with Crippen LogP contribution in [-0.2, 0) is 24.9 Å². The van der Waals surface area contributed by atoms with Crippen LogP contribution >= 0.6 is 11.8 Å². The van der Waals surface area contributed by atoms with Crippen molar-refractivity contribution in [2.75, 3.05) is 25.9 Å². The van der Waals surface area contributed by atoms with Gasteiger partial charge in [-0.3, -0.25) is 24.8 Å². The second-order valence-corrected chi connectivity index (χ2v) is 9.12. The number of benzene rings is 1. The molecule has 0 fully saturated rings. The number of Topliss-reactive ketones (excluding diaryl/α,β-unsaturated/α-hetero) is 2. The number of carbonyl (C=O) groups is 4. The lowest BCUT2D eigenvalue weighted by molar-refractivity contribution is -0.134. The van der Waals surface area contributed by atoms with E-state index in [2.05, 4.69) is 22.2 Å². The van der Waals surface area contributed by atoms with Gasteiger partial charge in [0.25, 0.3) is 5.91 Å². The molecular weight excluding hydrogens is 492 g/mol. The van der Waals surface area contributed by atoms with Crippen molar-refractivity contribution in [3.05, 3.63) is 48.7 Å². The maximum absolute atomic E-state index is 12.8. The maximum Gasteiger partial charge on any atom is 0.293 e. The number of carbonyl (C=O) groups excluding carboxylic acids is 4. The average molecular weight is 529 g/mol. The molecule has 0 saturated carbocycles. The third kappa shape index (κ3) is 11.3. The van der Waals surface area contributed by atoms with E-state index in [1.807, 2.05) is 30.3 Å². The zero-order valence-corrected chi connectivity index (χ0v) is 22.5. The molecule has 1 aromatic carbocycles. The van der Waals surface area contributed by atoms with Crippen molar-refractivity contribution in [1.29, 1.82) is 10.8 Å². The summed E-state index contributed by atoms with van der Waals surface area (Å²) in [6, 6.07) is 8.79. The van der Waals surface area contributed by atoms with Crippen LogP contribution in [0, 0.1) is 10.8 Å². The van der Waals surface area contributed by atoms with Gasteiger partial charge in [-0.25, -0.2) is 0 Å². The summed E-state index contributed by atoms with van der Waals surface area (Å²) in [5.74, 6) is -1.09. The van der Waals surface area contributed by atoms with E-state index in [-0.39, 0.29) is 49.0 Å². The summed E-state index contributed by atoms with van der Waals surface area (Å²) in [5.41, 5.74) is 1.57. The van der Waals surface area contributed by atoms with Gasteiger partial charge in [0.1, 0.15) is 11.8 Å². The lowest BCUT2D eigenvalue weighted by atomic mass is 10.1. The summed E-state index contributed by atoms with van der Waals surface area (Å²) in [7, 11) is 1.51. The number of aliphatic imine (C=N–C) groups is 1. The topological polar surface area (TPSA) is 156 Å². The third-order valence-corrected chi connectivity index (χ3v) is 6.34. The van der Waals surface area contributed by atoms with Crippen LogP contribution in [0.1, 0.15) is 38.7 Å². The van der Waals surface area contributed by atoms with Gasteiger partial charge in [-0.1, -0.05) is 43.8 Å². The fraction of sp³-hybridized carbons (Fsp3) is 0.423. The monoisotopic (exact) mass is 528 g/mol. The fourth-order valence-electron chi connectivity index (χ4n) is 3.25. The van der Waals surface area contributed by atoms with E-state index in [1.54, 1.807) is 6.92 Å². The molecular formula is C26H36N6O4S. The van der Waals surface area contributed by atoms with E-state index in [0.717, 1.165) is 10.5 Å². The van der Waals surface area contributed by atoms with Gasteiger partial charge in [-0.15, -0.1) is 11.8 Å².